The molecule has 2 bridgehead atoms. The van der Waals surface area contributed by atoms with Gasteiger partial charge in [0.2, 0.25) is 0 Å². The molecule has 1 aromatic heterocycles. The van der Waals surface area contributed by atoms with E-state index in [1.165, 1.54) is 0 Å². The fraction of sp³-hybridized carbons (Fsp3) is 0.500. The van der Waals surface area contributed by atoms with E-state index in [1.54, 1.807) is 13.0 Å². The van der Waals surface area contributed by atoms with Crippen molar-refractivity contribution in [2.45, 2.75) is 19.4 Å². The second-order valence-corrected chi connectivity index (χ2v) is 4.36. The average Bonchev–Trinajstić information content (AvgIpc) is 2.72. The number of hydrogen-bond donors (Lipinski definition) is 1. The van der Waals surface area contributed by atoms with Gasteiger partial charge in [-0.15, -0.1) is 0 Å². The predicted molar refractivity (Wildman–Crippen MR) is 64.4 cm³/mol. The number of nitrogens with one attached hydrogen (secondary N) is 1. The molecule has 5 nitrogen and oxygen atoms in total. The molecule has 17 heavy (non-hydrogen) atoms. The van der Waals surface area contributed by atoms with Crippen molar-refractivity contribution in [2.24, 2.45) is 0 Å². The van der Waals surface area contributed by atoms with E-state index in [0.29, 0.717) is 18.3 Å². The minimum absolute atomic E-state index is 0.356. The van der Waals surface area contributed by atoms with Crippen molar-refractivity contribution in [3.63, 3.8) is 0 Å². The molecule has 0 radical (unpaired) electrons. The molecule has 1 fully saturated rings. The van der Waals surface area contributed by atoms with Crippen molar-refractivity contribution in [1.29, 1.82) is 0 Å². The van der Waals surface area contributed by atoms with Crippen LogP contribution in [0.1, 0.15) is 23.8 Å². The summed E-state index contributed by atoms with van der Waals surface area (Å²) in [6.07, 6.45) is 1.13. The predicted octanol–water partition coefficient (Wildman–Crippen LogP) is 1.26. The third-order valence-electron chi connectivity index (χ3n) is 3.23. The lowest BCUT2D eigenvalue weighted by atomic mass is 10.2. The summed E-state index contributed by atoms with van der Waals surface area (Å²) in [5, 5.41) is 3.37. The zero-order valence-electron chi connectivity index (χ0n) is 9.77. The number of hydrogen-bond acceptors (Lipinski definition) is 5. The van der Waals surface area contributed by atoms with Crippen LogP contribution in [0.2, 0.25) is 0 Å². The molecule has 3 rings (SSSR count). The summed E-state index contributed by atoms with van der Waals surface area (Å²) >= 11 is 0. The maximum absolute atomic E-state index is 11.6. The Hall–Kier alpha value is -1.78. The number of fused-ring (bicyclic) bond motifs is 4. The Morgan fingerprint density at radius 3 is 3.35 bits per heavy atom. The fourth-order valence-corrected chi connectivity index (χ4v) is 2.42. The number of carbonyl (C=O) groups is 1. The molecule has 0 aliphatic carbocycles. The van der Waals surface area contributed by atoms with Crippen LogP contribution >= 0.6 is 0 Å². The summed E-state index contributed by atoms with van der Waals surface area (Å²) in [6.45, 7) is 4.26. The summed E-state index contributed by atoms with van der Waals surface area (Å²) < 4.78 is 4.95. The van der Waals surface area contributed by atoms with E-state index in [4.69, 9.17) is 4.74 Å². The van der Waals surface area contributed by atoms with Gasteiger partial charge in [0.1, 0.15) is 0 Å². The molecule has 1 N–H and O–H groups in total. The van der Waals surface area contributed by atoms with E-state index in [1.807, 2.05) is 6.07 Å². The molecule has 1 saturated heterocycles. The van der Waals surface area contributed by atoms with Crippen LogP contribution in [0, 0.1) is 0 Å². The van der Waals surface area contributed by atoms with Gasteiger partial charge in [0.05, 0.1) is 12.3 Å². The van der Waals surface area contributed by atoms with E-state index in [9.17, 15) is 4.79 Å². The van der Waals surface area contributed by atoms with Gasteiger partial charge < -0.3 is 15.0 Å². The number of nitrogens with zero attached hydrogens (tertiary/aromatic N) is 2. The molecule has 0 saturated carbocycles. The Kier molecular flexibility index (Phi) is 2.39. The van der Waals surface area contributed by atoms with Crippen molar-refractivity contribution < 1.29 is 9.53 Å². The zero-order valence-corrected chi connectivity index (χ0v) is 9.77. The van der Waals surface area contributed by atoms with Crippen molar-refractivity contribution in [3.05, 3.63) is 17.8 Å². The summed E-state index contributed by atoms with van der Waals surface area (Å²) in [6, 6.07) is 4.15. The molecule has 1 atom stereocenters. The normalized spacial score (nSPS) is 20.8. The maximum atomic E-state index is 11.6. The van der Waals surface area contributed by atoms with Crippen LogP contribution in [-0.2, 0) is 4.74 Å². The molecule has 0 spiro atoms. The Morgan fingerprint density at radius 2 is 2.53 bits per heavy atom. The lowest BCUT2D eigenvalue weighted by molar-refractivity contribution is 0.0519. The first-order valence-corrected chi connectivity index (χ1v) is 5.97. The third kappa shape index (κ3) is 1.71. The van der Waals surface area contributed by atoms with Gasteiger partial charge in [0.25, 0.3) is 0 Å². The highest BCUT2D eigenvalue weighted by molar-refractivity contribution is 5.89. The Bertz CT molecular complexity index is 461. The largest absolute Gasteiger partial charge is 0.461 e. The average molecular weight is 233 g/mol. The van der Waals surface area contributed by atoms with Crippen molar-refractivity contribution in [2.75, 3.05) is 29.9 Å². The summed E-state index contributed by atoms with van der Waals surface area (Å²) in [7, 11) is 0. The fourth-order valence-electron chi connectivity index (χ4n) is 2.42. The van der Waals surface area contributed by atoms with Crippen molar-refractivity contribution >= 4 is 17.5 Å². The highest BCUT2D eigenvalue weighted by atomic mass is 16.5. The van der Waals surface area contributed by atoms with Crippen LogP contribution in [0.15, 0.2) is 12.1 Å². The molecule has 1 aromatic rings. The quantitative estimate of drug-likeness (QED) is 0.779. The summed E-state index contributed by atoms with van der Waals surface area (Å²) in [4.78, 5) is 18.2. The second-order valence-electron chi connectivity index (χ2n) is 4.36. The van der Waals surface area contributed by atoms with Gasteiger partial charge in [-0.2, -0.15) is 0 Å². The van der Waals surface area contributed by atoms with Crippen LogP contribution in [0.25, 0.3) is 0 Å². The minimum Gasteiger partial charge on any atom is -0.461 e. The van der Waals surface area contributed by atoms with Crippen LogP contribution in [0.3, 0.4) is 0 Å². The zero-order chi connectivity index (χ0) is 11.8. The summed E-state index contributed by atoms with van der Waals surface area (Å²) in [5.41, 5.74) is 1.47. The lowest BCUT2D eigenvalue weighted by Gasteiger charge is -2.27. The molecular weight excluding hydrogens is 218 g/mol. The highest BCUT2D eigenvalue weighted by Gasteiger charge is 2.31. The van der Waals surface area contributed by atoms with Gasteiger partial charge in [-0.25, -0.2) is 9.78 Å². The number of aromatic nitrogens is 1. The molecule has 5 heteroatoms. The number of anilines is 2. The van der Waals surface area contributed by atoms with Crippen molar-refractivity contribution in [1.82, 2.24) is 4.98 Å². The van der Waals surface area contributed by atoms with E-state index in [2.05, 4.69) is 15.2 Å². The number of pyridine rings is 1. The Balaban J connectivity index is 1.92. The van der Waals surface area contributed by atoms with Crippen LogP contribution in [-0.4, -0.2) is 36.7 Å². The molecule has 0 aromatic carbocycles. The first-order valence-electron chi connectivity index (χ1n) is 5.97. The van der Waals surface area contributed by atoms with Gasteiger partial charge >= 0.3 is 5.97 Å². The van der Waals surface area contributed by atoms with Crippen LogP contribution < -0.4 is 10.2 Å². The Labute approximate surface area is 99.8 Å². The van der Waals surface area contributed by atoms with Gasteiger partial charge in [-0.05, 0) is 25.5 Å². The highest BCUT2D eigenvalue weighted by Crippen LogP contribution is 2.33. The third-order valence-corrected chi connectivity index (χ3v) is 3.23. The molecule has 90 valence electrons. The molecule has 1 unspecified atom stereocenters. The number of ether oxygens (including phenoxy) is 1. The van der Waals surface area contributed by atoms with E-state index in [-0.39, 0.29) is 5.97 Å². The van der Waals surface area contributed by atoms with Gasteiger partial charge in [-0.1, -0.05) is 0 Å². The molecule has 2 aliphatic heterocycles. The van der Waals surface area contributed by atoms with Crippen molar-refractivity contribution in [3.8, 4) is 0 Å². The first kappa shape index (κ1) is 10.4. The van der Waals surface area contributed by atoms with E-state index in [0.717, 1.165) is 31.0 Å². The minimum atomic E-state index is -0.356. The topological polar surface area (TPSA) is 54.5 Å². The van der Waals surface area contributed by atoms with Gasteiger partial charge in [0, 0.05) is 19.1 Å². The van der Waals surface area contributed by atoms with Gasteiger partial charge in [0.15, 0.2) is 11.5 Å². The molecular formula is C12H15N3O2. The molecule has 0 amide bonds. The maximum Gasteiger partial charge on any atom is 0.357 e. The smallest absolute Gasteiger partial charge is 0.357 e. The van der Waals surface area contributed by atoms with Gasteiger partial charge in [-0.3, -0.25) is 0 Å². The number of carbonyl (C=O) groups excluding carboxylic acids is 1. The standard InChI is InChI=1S/C12H15N3O2/c1-2-17-12(16)9-3-4-10-11(14-9)13-8-5-6-15(10)7-8/h3-4,8H,2,5-7H2,1H3,(H,13,14). The lowest BCUT2D eigenvalue weighted by Crippen LogP contribution is -2.32. The van der Waals surface area contributed by atoms with E-state index >= 15 is 0 Å². The monoisotopic (exact) mass is 233 g/mol. The Morgan fingerprint density at radius 1 is 1.65 bits per heavy atom. The SMILES string of the molecule is CCOC(=O)c1ccc2c(n1)NC1CCN2C1. The molecule has 3 heterocycles. The first-order chi connectivity index (χ1) is 8.28. The van der Waals surface area contributed by atoms with Crippen LogP contribution in [0.5, 0.6) is 0 Å². The number of rotatable bonds is 2. The number of esters is 1. The second kappa shape index (κ2) is 3.91. The van der Waals surface area contributed by atoms with Crippen LogP contribution in [0.4, 0.5) is 11.5 Å². The summed E-state index contributed by atoms with van der Waals surface area (Å²) in [5.74, 6) is 0.453. The van der Waals surface area contributed by atoms with E-state index < -0.39 is 0 Å². The molecule has 2 aliphatic rings.